The minimum absolute atomic E-state index is 0.0478. The highest BCUT2D eigenvalue weighted by Gasteiger charge is 2.31. The van der Waals surface area contributed by atoms with Crippen LogP contribution in [-0.2, 0) is 15.9 Å². The number of halogens is 1. The number of hydrogen-bond donors (Lipinski definition) is 2. The van der Waals surface area contributed by atoms with Crippen molar-refractivity contribution in [1.29, 1.82) is 0 Å². The smallest absolute Gasteiger partial charge is 0.407 e. The van der Waals surface area contributed by atoms with E-state index in [0.717, 1.165) is 47.7 Å². The summed E-state index contributed by atoms with van der Waals surface area (Å²) in [6, 6.07) is 3.40. The van der Waals surface area contributed by atoms with Crippen LogP contribution in [0.1, 0.15) is 90.8 Å². The molecular formula is C32H47FN4O5. The molecule has 1 saturated carbocycles. The Kier molecular flexibility index (Phi) is 9.42. The molecule has 0 bridgehead atoms. The van der Waals surface area contributed by atoms with Gasteiger partial charge in [0, 0.05) is 43.7 Å². The summed E-state index contributed by atoms with van der Waals surface area (Å²) >= 11 is 0. The monoisotopic (exact) mass is 586 g/mol. The summed E-state index contributed by atoms with van der Waals surface area (Å²) in [6.45, 7) is 15.0. The molecule has 0 spiro atoms. The van der Waals surface area contributed by atoms with Crippen molar-refractivity contribution in [2.24, 2.45) is 5.92 Å². The summed E-state index contributed by atoms with van der Waals surface area (Å²) in [4.78, 5) is 39.4. The van der Waals surface area contributed by atoms with Gasteiger partial charge >= 0.3 is 12.2 Å². The molecule has 0 radical (unpaired) electrons. The molecule has 4 rings (SSSR count). The Balaban J connectivity index is 1.49. The molecule has 1 atom stereocenters. The SMILES string of the molecule is Cc1c(N2CCC(CNC(=O)OC(C)(C)C)C2)c(F)cc2c(CCCCNC(=O)OC(C)(C)C)cc(=O)n(C3CC3)c12. The van der Waals surface area contributed by atoms with Gasteiger partial charge in [0.1, 0.15) is 17.0 Å². The van der Waals surface area contributed by atoms with Crippen LogP contribution in [0.2, 0.25) is 0 Å². The van der Waals surface area contributed by atoms with Gasteiger partial charge in [-0.15, -0.1) is 0 Å². The van der Waals surface area contributed by atoms with E-state index in [0.29, 0.717) is 44.7 Å². The highest BCUT2D eigenvalue weighted by molar-refractivity contribution is 5.90. The number of fused-ring (bicyclic) bond motifs is 1. The van der Waals surface area contributed by atoms with E-state index in [1.807, 2.05) is 57.9 Å². The van der Waals surface area contributed by atoms with E-state index in [2.05, 4.69) is 10.6 Å². The number of carbonyl (C=O) groups is 2. The van der Waals surface area contributed by atoms with E-state index in [1.165, 1.54) is 0 Å². The predicted octanol–water partition coefficient (Wildman–Crippen LogP) is 5.98. The van der Waals surface area contributed by atoms with Crippen molar-refractivity contribution in [1.82, 2.24) is 15.2 Å². The molecule has 9 nitrogen and oxygen atoms in total. The summed E-state index contributed by atoms with van der Waals surface area (Å²) in [5.74, 6) is -0.132. The first-order valence-corrected chi connectivity index (χ1v) is 15.2. The highest BCUT2D eigenvalue weighted by atomic mass is 19.1. The highest BCUT2D eigenvalue weighted by Crippen LogP contribution is 2.41. The van der Waals surface area contributed by atoms with E-state index in [-0.39, 0.29) is 23.3 Å². The zero-order valence-corrected chi connectivity index (χ0v) is 26.2. The number of nitrogens with one attached hydrogen (secondary N) is 2. The van der Waals surface area contributed by atoms with Crippen LogP contribution in [0.3, 0.4) is 0 Å². The molecule has 1 aliphatic carbocycles. The Hall–Kier alpha value is -3.30. The van der Waals surface area contributed by atoms with Gasteiger partial charge in [-0.3, -0.25) is 4.79 Å². The van der Waals surface area contributed by atoms with Crippen LogP contribution < -0.4 is 21.1 Å². The molecule has 1 aliphatic heterocycles. The van der Waals surface area contributed by atoms with Crippen LogP contribution in [0.15, 0.2) is 16.9 Å². The molecule has 2 fully saturated rings. The van der Waals surface area contributed by atoms with Crippen LogP contribution in [0.4, 0.5) is 19.7 Å². The summed E-state index contributed by atoms with van der Waals surface area (Å²) < 4.78 is 28.4. The number of amides is 2. The summed E-state index contributed by atoms with van der Waals surface area (Å²) in [5.41, 5.74) is 1.80. The van der Waals surface area contributed by atoms with Crippen LogP contribution >= 0.6 is 0 Å². The third kappa shape index (κ3) is 8.16. The lowest BCUT2D eigenvalue weighted by Gasteiger charge is -2.25. The molecule has 1 saturated heterocycles. The lowest BCUT2D eigenvalue weighted by Crippen LogP contribution is -2.36. The van der Waals surface area contributed by atoms with Crippen molar-refractivity contribution in [3.8, 4) is 0 Å². The molecule has 2 heterocycles. The van der Waals surface area contributed by atoms with Gasteiger partial charge < -0.3 is 29.6 Å². The number of rotatable bonds is 9. The maximum Gasteiger partial charge on any atom is 0.407 e. The fourth-order valence-electron chi connectivity index (χ4n) is 5.70. The molecule has 10 heteroatoms. The van der Waals surface area contributed by atoms with Gasteiger partial charge in [-0.05, 0) is 110 Å². The van der Waals surface area contributed by atoms with Gasteiger partial charge in [-0.25, -0.2) is 14.0 Å². The standard InChI is InChI=1S/C32H47FN4O5/c1-20-27-24(17-25(33)28(20)36-15-13-21(19-36)18-35-30(40)42-32(5,6)7)22(16-26(38)37(27)23-11-12-23)10-8-9-14-34-29(39)41-31(2,3)4/h16-17,21,23H,8-15,18-19H2,1-7H3,(H,34,39)(H,35,40). The van der Waals surface area contributed by atoms with Crippen molar-refractivity contribution >= 4 is 28.8 Å². The first-order chi connectivity index (χ1) is 19.6. The van der Waals surface area contributed by atoms with E-state index in [4.69, 9.17) is 9.47 Å². The summed E-state index contributed by atoms with van der Waals surface area (Å²) in [5, 5.41) is 6.40. The normalized spacial score (nSPS) is 17.4. The minimum Gasteiger partial charge on any atom is -0.444 e. The van der Waals surface area contributed by atoms with Crippen LogP contribution in [-0.4, -0.2) is 54.1 Å². The van der Waals surface area contributed by atoms with Crippen molar-refractivity contribution in [2.45, 2.75) is 104 Å². The van der Waals surface area contributed by atoms with Gasteiger partial charge in [0.25, 0.3) is 5.56 Å². The number of carbonyl (C=O) groups excluding carboxylic acids is 2. The number of ether oxygens (including phenoxy) is 2. The molecular weight excluding hydrogens is 539 g/mol. The Morgan fingerprint density at radius 2 is 1.62 bits per heavy atom. The number of benzene rings is 1. The van der Waals surface area contributed by atoms with E-state index < -0.39 is 23.4 Å². The minimum atomic E-state index is -0.565. The zero-order valence-electron chi connectivity index (χ0n) is 26.2. The van der Waals surface area contributed by atoms with Gasteiger partial charge in [0.2, 0.25) is 0 Å². The molecule has 42 heavy (non-hydrogen) atoms. The van der Waals surface area contributed by atoms with Crippen molar-refractivity contribution in [3.63, 3.8) is 0 Å². The predicted molar refractivity (Wildman–Crippen MR) is 163 cm³/mol. The molecule has 232 valence electrons. The molecule has 2 aliphatic rings. The lowest BCUT2D eigenvalue weighted by atomic mass is 9.98. The van der Waals surface area contributed by atoms with Crippen LogP contribution in [0.25, 0.3) is 10.9 Å². The van der Waals surface area contributed by atoms with Gasteiger partial charge in [-0.1, -0.05) is 0 Å². The number of unbranched alkanes of at least 4 members (excludes halogenated alkanes) is 1. The van der Waals surface area contributed by atoms with E-state index in [9.17, 15) is 14.4 Å². The fourth-order valence-corrected chi connectivity index (χ4v) is 5.70. The van der Waals surface area contributed by atoms with Gasteiger partial charge in [-0.2, -0.15) is 0 Å². The van der Waals surface area contributed by atoms with Crippen molar-refractivity contribution in [3.05, 3.63) is 39.4 Å². The largest absolute Gasteiger partial charge is 0.444 e. The number of anilines is 1. The topological polar surface area (TPSA) is 102 Å². The first kappa shape index (κ1) is 31.6. The molecule has 1 aromatic heterocycles. The molecule has 1 unspecified atom stereocenters. The summed E-state index contributed by atoms with van der Waals surface area (Å²) in [7, 11) is 0. The second kappa shape index (κ2) is 12.5. The second-order valence-electron chi connectivity index (χ2n) is 13.7. The third-order valence-corrected chi connectivity index (χ3v) is 7.57. The Morgan fingerprint density at radius 1 is 0.976 bits per heavy atom. The third-order valence-electron chi connectivity index (χ3n) is 7.57. The first-order valence-electron chi connectivity index (χ1n) is 15.2. The number of aryl methyl sites for hydroxylation is 2. The quantitative estimate of drug-likeness (QED) is 0.351. The van der Waals surface area contributed by atoms with Crippen molar-refractivity contribution < 1.29 is 23.5 Å². The van der Waals surface area contributed by atoms with E-state index in [1.54, 1.807) is 12.1 Å². The zero-order chi connectivity index (χ0) is 30.8. The average molecular weight is 587 g/mol. The summed E-state index contributed by atoms with van der Waals surface area (Å²) in [6.07, 6.45) is 3.85. The van der Waals surface area contributed by atoms with E-state index >= 15 is 4.39 Å². The van der Waals surface area contributed by atoms with Crippen LogP contribution in [0.5, 0.6) is 0 Å². The Labute approximate surface area is 248 Å². The number of aromatic nitrogens is 1. The Morgan fingerprint density at radius 3 is 2.24 bits per heavy atom. The average Bonchev–Trinajstić information content (AvgIpc) is 3.58. The molecule has 2 aromatic rings. The molecule has 1 aromatic carbocycles. The van der Waals surface area contributed by atoms with Crippen LogP contribution in [0, 0.1) is 18.7 Å². The van der Waals surface area contributed by atoms with Gasteiger partial charge in [0.15, 0.2) is 0 Å². The molecule has 2 N–H and O–H groups in total. The second-order valence-corrected chi connectivity index (χ2v) is 13.7. The maximum absolute atomic E-state index is 15.9. The number of pyridine rings is 1. The number of alkyl carbamates (subject to hydrolysis) is 2. The fraction of sp³-hybridized carbons (Fsp3) is 0.656. The van der Waals surface area contributed by atoms with Gasteiger partial charge in [0.05, 0.1) is 11.2 Å². The number of nitrogens with zero attached hydrogens (tertiary/aromatic N) is 2. The Bertz CT molecular complexity index is 1370. The maximum atomic E-state index is 15.9. The van der Waals surface area contributed by atoms with Crippen molar-refractivity contribution in [2.75, 3.05) is 31.1 Å². The lowest BCUT2D eigenvalue weighted by molar-refractivity contribution is 0.0512. The molecule has 2 amide bonds. The number of hydrogen-bond acceptors (Lipinski definition) is 6.